The molecule has 33 heavy (non-hydrogen) atoms. The Kier molecular flexibility index (Phi) is 6.78. The quantitative estimate of drug-likeness (QED) is 0.583. The standard InChI is InChI=1S/C25H26N2O5S/c1-18-3-8-21(9-4-18)32-22-10-6-20(7-11-22)26-25(28)24-17-23(12-5-19(24)2)33(29,30)27-13-15-31-16-14-27/h3-12,17H,13-16H2,1-2H3,(H,26,28). The fourth-order valence-electron chi connectivity index (χ4n) is 3.49. The van der Waals surface area contributed by atoms with Gasteiger partial charge in [0.25, 0.3) is 5.91 Å². The smallest absolute Gasteiger partial charge is 0.255 e. The summed E-state index contributed by atoms with van der Waals surface area (Å²) in [6.07, 6.45) is 0. The van der Waals surface area contributed by atoms with Crippen LogP contribution in [0.15, 0.2) is 71.6 Å². The van der Waals surface area contributed by atoms with E-state index < -0.39 is 10.0 Å². The molecule has 1 fully saturated rings. The molecule has 1 N–H and O–H groups in total. The van der Waals surface area contributed by atoms with Gasteiger partial charge in [0.2, 0.25) is 10.0 Å². The molecule has 0 radical (unpaired) electrons. The van der Waals surface area contributed by atoms with Crippen molar-refractivity contribution in [2.24, 2.45) is 0 Å². The van der Waals surface area contributed by atoms with Crippen LogP contribution >= 0.6 is 0 Å². The number of rotatable bonds is 6. The average Bonchev–Trinajstić information content (AvgIpc) is 2.82. The average molecular weight is 467 g/mol. The highest BCUT2D eigenvalue weighted by molar-refractivity contribution is 7.89. The third-order valence-corrected chi connectivity index (χ3v) is 7.32. The van der Waals surface area contributed by atoms with Gasteiger partial charge in [-0.2, -0.15) is 4.31 Å². The summed E-state index contributed by atoms with van der Waals surface area (Å²) in [6.45, 7) is 5.11. The summed E-state index contributed by atoms with van der Waals surface area (Å²) < 4.78 is 38.4. The molecule has 1 aliphatic rings. The number of morpholine rings is 1. The van der Waals surface area contributed by atoms with E-state index in [1.165, 1.54) is 16.4 Å². The van der Waals surface area contributed by atoms with E-state index in [1.807, 2.05) is 31.2 Å². The van der Waals surface area contributed by atoms with Crippen LogP contribution in [-0.2, 0) is 14.8 Å². The Morgan fingerprint density at radius 3 is 2.15 bits per heavy atom. The van der Waals surface area contributed by atoms with Crippen molar-refractivity contribution in [3.05, 3.63) is 83.4 Å². The minimum Gasteiger partial charge on any atom is -0.457 e. The van der Waals surface area contributed by atoms with Gasteiger partial charge in [-0.1, -0.05) is 23.8 Å². The maximum atomic E-state index is 13.0. The van der Waals surface area contributed by atoms with Crippen LogP contribution in [0.4, 0.5) is 5.69 Å². The summed E-state index contributed by atoms with van der Waals surface area (Å²) in [5, 5.41) is 2.83. The zero-order valence-electron chi connectivity index (χ0n) is 18.6. The van der Waals surface area contributed by atoms with Crippen molar-refractivity contribution in [3.63, 3.8) is 0 Å². The van der Waals surface area contributed by atoms with Crippen molar-refractivity contribution >= 4 is 21.6 Å². The Labute approximate surface area is 194 Å². The lowest BCUT2D eigenvalue weighted by molar-refractivity contribution is 0.0730. The van der Waals surface area contributed by atoms with Crippen LogP contribution in [0.1, 0.15) is 21.5 Å². The van der Waals surface area contributed by atoms with Gasteiger partial charge in [-0.05, 0) is 67.9 Å². The maximum Gasteiger partial charge on any atom is 0.255 e. The lowest BCUT2D eigenvalue weighted by Gasteiger charge is -2.26. The van der Waals surface area contributed by atoms with Gasteiger partial charge in [-0.25, -0.2) is 8.42 Å². The molecule has 1 amide bonds. The fourth-order valence-corrected chi connectivity index (χ4v) is 4.92. The minimum atomic E-state index is -3.69. The summed E-state index contributed by atoms with van der Waals surface area (Å²) in [7, 11) is -3.69. The van der Waals surface area contributed by atoms with Gasteiger partial charge in [-0.3, -0.25) is 4.79 Å². The number of nitrogens with one attached hydrogen (secondary N) is 1. The molecule has 3 aromatic rings. The second-order valence-corrected chi connectivity index (χ2v) is 9.82. The predicted molar refractivity (Wildman–Crippen MR) is 126 cm³/mol. The van der Waals surface area contributed by atoms with E-state index in [1.54, 1.807) is 37.3 Å². The topological polar surface area (TPSA) is 84.9 Å². The molecule has 0 bridgehead atoms. The molecular weight excluding hydrogens is 440 g/mol. The number of carbonyl (C=O) groups excluding carboxylic acids is 1. The third-order valence-electron chi connectivity index (χ3n) is 5.43. The first-order valence-electron chi connectivity index (χ1n) is 10.7. The van der Waals surface area contributed by atoms with E-state index in [9.17, 15) is 13.2 Å². The lowest BCUT2D eigenvalue weighted by atomic mass is 10.1. The number of benzene rings is 3. The summed E-state index contributed by atoms with van der Waals surface area (Å²) in [6, 6.07) is 19.4. The van der Waals surface area contributed by atoms with Gasteiger partial charge in [0.1, 0.15) is 11.5 Å². The summed E-state index contributed by atoms with van der Waals surface area (Å²) in [5.74, 6) is 0.997. The van der Waals surface area contributed by atoms with Crippen LogP contribution in [0.2, 0.25) is 0 Å². The molecule has 0 aliphatic carbocycles. The monoisotopic (exact) mass is 466 g/mol. The molecular formula is C25H26N2O5S. The van der Waals surface area contributed by atoms with E-state index >= 15 is 0 Å². The van der Waals surface area contributed by atoms with E-state index in [0.717, 1.165) is 11.3 Å². The number of hydrogen-bond acceptors (Lipinski definition) is 5. The maximum absolute atomic E-state index is 13.0. The van der Waals surface area contributed by atoms with Crippen molar-refractivity contribution in [1.82, 2.24) is 4.31 Å². The van der Waals surface area contributed by atoms with Crippen molar-refractivity contribution in [3.8, 4) is 11.5 Å². The van der Waals surface area contributed by atoms with E-state index in [-0.39, 0.29) is 10.8 Å². The van der Waals surface area contributed by atoms with Gasteiger partial charge < -0.3 is 14.8 Å². The molecule has 3 aromatic carbocycles. The number of ether oxygens (including phenoxy) is 2. The van der Waals surface area contributed by atoms with Crippen LogP contribution in [0.3, 0.4) is 0 Å². The number of carbonyl (C=O) groups is 1. The molecule has 8 heteroatoms. The fraction of sp³-hybridized carbons (Fsp3) is 0.240. The lowest BCUT2D eigenvalue weighted by Crippen LogP contribution is -2.40. The van der Waals surface area contributed by atoms with Crippen LogP contribution in [-0.4, -0.2) is 44.9 Å². The van der Waals surface area contributed by atoms with Crippen LogP contribution in [0.25, 0.3) is 0 Å². The molecule has 0 saturated carbocycles. The van der Waals surface area contributed by atoms with Gasteiger partial charge in [-0.15, -0.1) is 0 Å². The molecule has 4 rings (SSSR count). The first-order chi connectivity index (χ1) is 15.8. The van der Waals surface area contributed by atoms with Gasteiger partial charge in [0.15, 0.2) is 0 Å². The second kappa shape index (κ2) is 9.74. The zero-order valence-corrected chi connectivity index (χ0v) is 19.4. The number of anilines is 1. The summed E-state index contributed by atoms with van der Waals surface area (Å²) in [5.41, 5.74) is 2.73. The molecule has 1 saturated heterocycles. The van der Waals surface area contributed by atoms with Crippen LogP contribution in [0, 0.1) is 13.8 Å². The largest absolute Gasteiger partial charge is 0.457 e. The number of amides is 1. The Hall–Kier alpha value is -3.20. The van der Waals surface area contributed by atoms with Crippen LogP contribution < -0.4 is 10.1 Å². The minimum absolute atomic E-state index is 0.0991. The zero-order chi connectivity index (χ0) is 23.4. The number of aryl methyl sites for hydroxylation is 2. The highest BCUT2D eigenvalue weighted by Crippen LogP contribution is 2.25. The van der Waals surface area contributed by atoms with Crippen molar-refractivity contribution in [2.45, 2.75) is 18.7 Å². The van der Waals surface area contributed by atoms with Crippen molar-refractivity contribution in [2.75, 3.05) is 31.6 Å². The molecule has 1 heterocycles. The van der Waals surface area contributed by atoms with Crippen molar-refractivity contribution < 1.29 is 22.7 Å². The SMILES string of the molecule is Cc1ccc(Oc2ccc(NC(=O)c3cc(S(=O)(=O)N4CCOCC4)ccc3C)cc2)cc1. The highest BCUT2D eigenvalue weighted by atomic mass is 32.2. The Bertz CT molecular complexity index is 1230. The predicted octanol–water partition coefficient (Wildman–Crippen LogP) is 4.37. The molecule has 0 atom stereocenters. The van der Waals surface area contributed by atoms with Gasteiger partial charge in [0, 0.05) is 24.3 Å². The number of nitrogens with zero attached hydrogens (tertiary/aromatic N) is 1. The van der Waals surface area contributed by atoms with Crippen LogP contribution in [0.5, 0.6) is 11.5 Å². The molecule has 0 spiro atoms. The van der Waals surface area contributed by atoms with Gasteiger partial charge in [0.05, 0.1) is 18.1 Å². The van der Waals surface area contributed by atoms with E-state index in [0.29, 0.717) is 48.9 Å². The van der Waals surface area contributed by atoms with Crippen molar-refractivity contribution in [1.29, 1.82) is 0 Å². The van der Waals surface area contributed by atoms with Gasteiger partial charge >= 0.3 is 0 Å². The second-order valence-electron chi connectivity index (χ2n) is 7.89. The molecule has 1 aliphatic heterocycles. The number of sulfonamides is 1. The first kappa shape index (κ1) is 23.0. The van der Waals surface area contributed by atoms with E-state index in [4.69, 9.17) is 9.47 Å². The number of hydrogen-bond donors (Lipinski definition) is 1. The Balaban J connectivity index is 1.48. The van der Waals surface area contributed by atoms with E-state index in [2.05, 4.69) is 5.32 Å². The third kappa shape index (κ3) is 5.42. The summed E-state index contributed by atoms with van der Waals surface area (Å²) in [4.78, 5) is 13.0. The Morgan fingerprint density at radius 1 is 0.909 bits per heavy atom. The molecule has 0 aromatic heterocycles. The molecule has 7 nitrogen and oxygen atoms in total. The Morgan fingerprint density at radius 2 is 1.52 bits per heavy atom. The highest BCUT2D eigenvalue weighted by Gasteiger charge is 2.27. The normalized spacial score (nSPS) is 14.6. The molecule has 0 unspecified atom stereocenters. The summed E-state index contributed by atoms with van der Waals surface area (Å²) >= 11 is 0. The first-order valence-corrected chi connectivity index (χ1v) is 12.1. The molecule has 172 valence electrons.